The third-order valence-corrected chi connectivity index (χ3v) is 4.04. The van der Waals surface area contributed by atoms with Gasteiger partial charge in [0.05, 0.1) is 3.79 Å². The van der Waals surface area contributed by atoms with E-state index in [-0.39, 0.29) is 11.5 Å². The Hall–Kier alpha value is -1.34. The molecule has 0 aliphatic rings. The Kier molecular flexibility index (Phi) is 4.19. The summed E-state index contributed by atoms with van der Waals surface area (Å²) in [6, 6.07) is 6.57. The Bertz CT molecular complexity index is 632. The highest BCUT2D eigenvalue weighted by Crippen LogP contribution is 2.29. The molecule has 1 aromatic carbocycles. The second kappa shape index (κ2) is 5.57. The van der Waals surface area contributed by atoms with Gasteiger partial charge in [-0.1, -0.05) is 0 Å². The molecule has 0 radical (unpaired) electrons. The van der Waals surface area contributed by atoms with Crippen LogP contribution in [0.4, 0.5) is 13.2 Å². The maximum absolute atomic E-state index is 12.2. The number of alkyl halides is 3. The van der Waals surface area contributed by atoms with E-state index in [0.29, 0.717) is 11.1 Å². The first-order chi connectivity index (χ1) is 9.26. The van der Waals surface area contributed by atoms with E-state index in [1.165, 1.54) is 23.5 Å². The van der Waals surface area contributed by atoms with Gasteiger partial charge in [-0.15, -0.1) is 24.5 Å². The van der Waals surface area contributed by atoms with Gasteiger partial charge in [-0.3, -0.25) is 4.79 Å². The average Bonchev–Trinajstić information content (AvgIpc) is 2.66. The van der Waals surface area contributed by atoms with Gasteiger partial charge in [0.25, 0.3) is 0 Å². The number of carbonyl (C=O) groups excluding carboxylic acids is 1. The minimum Gasteiger partial charge on any atom is -0.406 e. The van der Waals surface area contributed by atoms with Gasteiger partial charge in [0.15, 0.2) is 5.78 Å². The summed E-state index contributed by atoms with van der Waals surface area (Å²) in [6.45, 7) is 1.81. The van der Waals surface area contributed by atoms with E-state index in [9.17, 15) is 18.0 Å². The van der Waals surface area contributed by atoms with Crippen LogP contribution in [-0.4, -0.2) is 12.1 Å². The second-order valence-corrected chi connectivity index (χ2v) is 6.56. The van der Waals surface area contributed by atoms with E-state index in [1.807, 2.05) is 6.92 Å². The molecule has 0 spiro atoms. The molecule has 1 heterocycles. The summed E-state index contributed by atoms with van der Waals surface area (Å²) in [7, 11) is 0. The zero-order chi connectivity index (χ0) is 14.9. The molecule has 1 aromatic heterocycles. The molecule has 20 heavy (non-hydrogen) atoms. The molecule has 0 amide bonds. The van der Waals surface area contributed by atoms with Crippen molar-refractivity contribution in [1.82, 2.24) is 0 Å². The molecular formula is C13H8BrF3O2S. The van der Waals surface area contributed by atoms with Gasteiger partial charge in [-0.25, -0.2) is 0 Å². The molecule has 0 bridgehead atoms. The lowest BCUT2D eigenvalue weighted by atomic mass is 10.0. The number of hydrogen-bond acceptors (Lipinski definition) is 3. The van der Waals surface area contributed by atoms with Crippen molar-refractivity contribution in [3.8, 4) is 5.75 Å². The highest BCUT2D eigenvalue weighted by molar-refractivity contribution is 9.11. The third kappa shape index (κ3) is 3.61. The van der Waals surface area contributed by atoms with Gasteiger partial charge in [0, 0.05) is 16.0 Å². The average molecular weight is 365 g/mol. The van der Waals surface area contributed by atoms with Crippen LogP contribution in [0, 0.1) is 6.92 Å². The Morgan fingerprint density at radius 2 is 1.85 bits per heavy atom. The van der Waals surface area contributed by atoms with E-state index in [0.717, 1.165) is 20.8 Å². The quantitative estimate of drug-likeness (QED) is 0.720. The summed E-state index contributed by atoms with van der Waals surface area (Å²) >= 11 is 4.72. The second-order valence-electron chi connectivity index (χ2n) is 3.92. The summed E-state index contributed by atoms with van der Waals surface area (Å²) in [6.07, 6.45) is -4.74. The van der Waals surface area contributed by atoms with Crippen LogP contribution in [0.5, 0.6) is 5.75 Å². The molecule has 2 aromatic rings. The lowest BCUT2D eigenvalue weighted by Crippen LogP contribution is -2.17. The predicted octanol–water partition coefficient (Wildman–Crippen LogP) is 4.95. The molecule has 2 nitrogen and oxygen atoms in total. The molecule has 0 N–H and O–H groups in total. The first kappa shape index (κ1) is 15.1. The zero-order valence-electron chi connectivity index (χ0n) is 10.1. The van der Waals surface area contributed by atoms with Crippen molar-refractivity contribution in [2.75, 3.05) is 0 Å². The standard InChI is InChI=1S/C13H8BrF3O2S/c1-7-10(6-11(14)20-7)12(18)8-2-4-9(5-3-8)19-13(15,16)17/h2-6H,1H3. The number of halogens is 4. The van der Waals surface area contributed by atoms with Crippen molar-refractivity contribution in [3.05, 3.63) is 50.1 Å². The van der Waals surface area contributed by atoms with Crippen molar-refractivity contribution in [2.45, 2.75) is 13.3 Å². The summed E-state index contributed by atoms with van der Waals surface area (Å²) in [5.74, 6) is -0.583. The van der Waals surface area contributed by atoms with Gasteiger partial charge >= 0.3 is 6.36 Å². The largest absolute Gasteiger partial charge is 0.573 e. The fourth-order valence-corrected chi connectivity index (χ4v) is 3.32. The molecule has 0 saturated carbocycles. The van der Waals surface area contributed by atoms with Crippen LogP contribution in [0.2, 0.25) is 0 Å². The number of hydrogen-bond donors (Lipinski definition) is 0. The van der Waals surface area contributed by atoms with Crippen LogP contribution in [0.25, 0.3) is 0 Å². The van der Waals surface area contributed by atoms with Gasteiger partial charge in [-0.05, 0) is 53.2 Å². The molecule has 0 atom stereocenters. The minimum atomic E-state index is -4.74. The summed E-state index contributed by atoms with van der Waals surface area (Å²) in [5, 5.41) is 0. The van der Waals surface area contributed by atoms with Crippen molar-refractivity contribution in [2.24, 2.45) is 0 Å². The number of benzene rings is 1. The summed E-state index contributed by atoms with van der Waals surface area (Å²) in [4.78, 5) is 13.0. The van der Waals surface area contributed by atoms with Crippen molar-refractivity contribution < 1.29 is 22.7 Å². The van der Waals surface area contributed by atoms with E-state index in [4.69, 9.17) is 0 Å². The van der Waals surface area contributed by atoms with Gasteiger partial charge < -0.3 is 4.74 Å². The maximum atomic E-state index is 12.2. The Morgan fingerprint density at radius 1 is 1.25 bits per heavy atom. The Morgan fingerprint density at radius 3 is 2.30 bits per heavy atom. The van der Waals surface area contributed by atoms with E-state index in [1.54, 1.807) is 6.07 Å². The van der Waals surface area contributed by atoms with Gasteiger partial charge in [0.2, 0.25) is 0 Å². The predicted molar refractivity (Wildman–Crippen MR) is 73.3 cm³/mol. The fourth-order valence-electron chi connectivity index (χ4n) is 1.63. The van der Waals surface area contributed by atoms with Gasteiger partial charge in [0.1, 0.15) is 5.75 Å². The molecular weight excluding hydrogens is 357 g/mol. The number of rotatable bonds is 3. The SMILES string of the molecule is Cc1sc(Br)cc1C(=O)c1ccc(OC(F)(F)F)cc1. The molecule has 0 unspecified atom stereocenters. The molecule has 7 heteroatoms. The zero-order valence-corrected chi connectivity index (χ0v) is 12.5. The molecule has 0 saturated heterocycles. The molecule has 0 fully saturated rings. The van der Waals surface area contributed by atoms with E-state index >= 15 is 0 Å². The van der Waals surface area contributed by atoms with Crippen molar-refractivity contribution >= 4 is 33.0 Å². The van der Waals surface area contributed by atoms with Crippen LogP contribution in [0.3, 0.4) is 0 Å². The number of ketones is 1. The highest BCUT2D eigenvalue weighted by atomic mass is 79.9. The molecule has 0 aliphatic carbocycles. The fraction of sp³-hybridized carbons (Fsp3) is 0.154. The van der Waals surface area contributed by atoms with E-state index in [2.05, 4.69) is 20.7 Å². The maximum Gasteiger partial charge on any atom is 0.573 e. The minimum absolute atomic E-state index is 0.233. The summed E-state index contributed by atoms with van der Waals surface area (Å²) < 4.78 is 40.7. The third-order valence-electron chi connectivity index (χ3n) is 2.48. The smallest absolute Gasteiger partial charge is 0.406 e. The number of carbonyl (C=O) groups is 1. The van der Waals surface area contributed by atoms with Crippen molar-refractivity contribution in [3.63, 3.8) is 0 Å². The lowest BCUT2D eigenvalue weighted by molar-refractivity contribution is -0.274. The van der Waals surface area contributed by atoms with Crippen molar-refractivity contribution in [1.29, 1.82) is 0 Å². The molecule has 2 rings (SSSR count). The van der Waals surface area contributed by atoms with Crippen LogP contribution >= 0.6 is 27.3 Å². The monoisotopic (exact) mass is 364 g/mol. The Balaban J connectivity index is 2.22. The molecule has 0 aliphatic heterocycles. The number of aryl methyl sites for hydroxylation is 1. The molecule has 106 valence electrons. The topological polar surface area (TPSA) is 26.3 Å². The summed E-state index contributed by atoms with van der Waals surface area (Å²) in [5.41, 5.74) is 0.847. The Labute approximate surface area is 125 Å². The van der Waals surface area contributed by atoms with Crippen LogP contribution in [-0.2, 0) is 0 Å². The normalized spacial score (nSPS) is 11.4. The van der Waals surface area contributed by atoms with E-state index < -0.39 is 6.36 Å². The first-order valence-electron chi connectivity index (χ1n) is 5.43. The van der Waals surface area contributed by atoms with Crippen LogP contribution in [0.15, 0.2) is 34.1 Å². The highest BCUT2D eigenvalue weighted by Gasteiger charge is 2.31. The first-order valence-corrected chi connectivity index (χ1v) is 7.03. The number of thiophene rings is 1. The lowest BCUT2D eigenvalue weighted by Gasteiger charge is -2.08. The number of ether oxygens (including phenoxy) is 1. The van der Waals surface area contributed by atoms with Crippen LogP contribution in [0.1, 0.15) is 20.8 Å². The van der Waals surface area contributed by atoms with Gasteiger partial charge in [-0.2, -0.15) is 0 Å². The van der Waals surface area contributed by atoms with Crippen LogP contribution < -0.4 is 4.74 Å².